The number of hydrogen-bond acceptors (Lipinski definition) is 4. The summed E-state index contributed by atoms with van der Waals surface area (Å²) < 4.78 is 0. The zero-order valence-electron chi connectivity index (χ0n) is 11.3. The van der Waals surface area contributed by atoms with Crippen LogP contribution in [0.3, 0.4) is 0 Å². The Hall–Kier alpha value is -2.09. The van der Waals surface area contributed by atoms with Crippen LogP contribution in [-0.2, 0) is 9.59 Å². The minimum absolute atomic E-state index is 0.00718. The summed E-state index contributed by atoms with van der Waals surface area (Å²) in [6.07, 6.45) is 1.15. The van der Waals surface area contributed by atoms with E-state index in [2.05, 4.69) is 5.32 Å². The molecule has 1 aliphatic heterocycles. The van der Waals surface area contributed by atoms with Gasteiger partial charge in [-0.05, 0) is 24.3 Å². The quantitative estimate of drug-likeness (QED) is 0.750. The van der Waals surface area contributed by atoms with Crippen LogP contribution in [0.4, 0.5) is 4.79 Å². The molecule has 1 aromatic heterocycles. The normalized spacial score (nSPS) is 19.2. The lowest BCUT2D eigenvalue weighted by atomic mass is 10.1. The lowest BCUT2D eigenvalue weighted by Crippen LogP contribution is -2.43. The molecule has 1 aliphatic rings. The number of carboxylic acid groups (broad SMARTS) is 1. The maximum absolute atomic E-state index is 12.3. The van der Waals surface area contributed by atoms with Crippen molar-refractivity contribution >= 4 is 29.2 Å². The van der Waals surface area contributed by atoms with Gasteiger partial charge in [-0.1, -0.05) is 6.07 Å². The monoisotopic (exact) mass is 311 g/mol. The SMILES string of the molecule is NC(=O)NC(CC(=O)N1CCC[C@@H]1C(=O)O)c1cccs1. The Morgan fingerprint density at radius 3 is 2.86 bits per heavy atom. The van der Waals surface area contributed by atoms with Gasteiger partial charge in [-0.2, -0.15) is 0 Å². The second-order valence-corrected chi connectivity index (χ2v) is 5.84. The zero-order valence-corrected chi connectivity index (χ0v) is 12.1. The maximum Gasteiger partial charge on any atom is 0.326 e. The minimum atomic E-state index is -0.989. The lowest BCUT2D eigenvalue weighted by Gasteiger charge is -2.24. The van der Waals surface area contributed by atoms with E-state index >= 15 is 0 Å². The Bertz CT molecular complexity index is 532. The number of primary amides is 1. The molecule has 3 amide bonds. The van der Waals surface area contributed by atoms with Gasteiger partial charge in [0.05, 0.1) is 12.5 Å². The van der Waals surface area contributed by atoms with Gasteiger partial charge in [0.15, 0.2) is 0 Å². The summed E-state index contributed by atoms with van der Waals surface area (Å²) in [5.41, 5.74) is 5.14. The van der Waals surface area contributed by atoms with Crippen LogP contribution in [0.25, 0.3) is 0 Å². The number of amides is 3. The lowest BCUT2D eigenvalue weighted by molar-refractivity contribution is -0.148. The van der Waals surface area contributed by atoms with Gasteiger partial charge < -0.3 is 21.1 Å². The number of hydrogen-bond donors (Lipinski definition) is 3. The Morgan fingerprint density at radius 1 is 1.52 bits per heavy atom. The molecule has 1 fully saturated rings. The fourth-order valence-corrected chi connectivity index (χ4v) is 3.28. The summed E-state index contributed by atoms with van der Waals surface area (Å²) in [5, 5.41) is 13.5. The molecule has 8 heteroatoms. The number of nitrogens with one attached hydrogen (secondary N) is 1. The number of likely N-dealkylation sites (tertiary alicyclic amines) is 1. The van der Waals surface area contributed by atoms with E-state index in [1.54, 1.807) is 6.07 Å². The molecule has 2 atom stereocenters. The van der Waals surface area contributed by atoms with Crippen molar-refractivity contribution in [2.24, 2.45) is 5.73 Å². The fraction of sp³-hybridized carbons (Fsp3) is 0.462. The first kappa shape index (κ1) is 15.3. The zero-order chi connectivity index (χ0) is 15.4. The average Bonchev–Trinajstić information content (AvgIpc) is 3.08. The van der Waals surface area contributed by atoms with Gasteiger partial charge in [-0.25, -0.2) is 9.59 Å². The van der Waals surface area contributed by atoms with Gasteiger partial charge in [-0.15, -0.1) is 11.3 Å². The van der Waals surface area contributed by atoms with Gasteiger partial charge in [-0.3, -0.25) is 4.79 Å². The van der Waals surface area contributed by atoms with Crippen molar-refractivity contribution in [2.45, 2.75) is 31.3 Å². The minimum Gasteiger partial charge on any atom is -0.480 e. The smallest absolute Gasteiger partial charge is 0.326 e. The van der Waals surface area contributed by atoms with E-state index in [9.17, 15) is 14.4 Å². The van der Waals surface area contributed by atoms with Crippen molar-refractivity contribution in [1.29, 1.82) is 0 Å². The molecule has 1 unspecified atom stereocenters. The van der Waals surface area contributed by atoms with Crippen LogP contribution in [0.15, 0.2) is 17.5 Å². The number of rotatable bonds is 5. The van der Waals surface area contributed by atoms with Crippen molar-refractivity contribution in [1.82, 2.24) is 10.2 Å². The summed E-state index contributed by atoms with van der Waals surface area (Å²) in [6, 6.07) is 1.62. The van der Waals surface area contributed by atoms with Crippen LogP contribution in [0.1, 0.15) is 30.2 Å². The number of carbonyl (C=O) groups excluding carboxylic acids is 2. The van der Waals surface area contributed by atoms with E-state index < -0.39 is 24.1 Å². The number of thiophene rings is 1. The standard InChI is InChI=1S/C13H17N3O4S/c14-13(20)15-8(10-4-2-6-21-10)7-11(17)16-5-1-3-9(16)12(18)19/h2,4,6,8-9H,1,3,5,7H2,(H,18,19)(H3,14,15,20)/t8?,9-/m1/s1. The number of aliphatic carboxylic acids is 1. The van der Waals surface area contributed by atoms with Crippen molar-refractivity contribution in [2.75, 3.05) is 6.54 Å². The van der Waals surface area contributed by atoms with Crippen LogP contribution < -0.4 is 11.1 Å². The predicted molar refractivity (Wildman–Crippen MR) is 76.8 cm³/mol. The van der Waals surface area contributed by atoms with Crippen LogP contribution >= 0.6 is 11.3 Å². The van der Waals surface area contributed by atoms with Crippen LogP contribution in [0.5, 0.6) is 0 Å². The molecule has 21 heavy (non-hydrogen) atoms. The molecule has 0 aliphatic carbocycles. The third kappa shape index (κ3) is 3.72. The van der Waals surface area contributed by atoms with Gasteiger partial charge in [0.2, 0.25) is 5.91 Å². The van der Waals surface area contributed by atoms with Crippen molar-refractivity contribution in [3.8, 4) is 0 Å². The molecule has 0 spiro atoms. The van der Waals surface area contributed by atoms with E-state index in [0.29, 0.717) is 19.4 Å². The van der Waals surface area contributed by atoms with E-state index in [0.717, 1.165) is 4.88 Å². The third-order valence-electron chi connectivity index (χ3n) is 3.44. The first-order chi connectivity index (χ1) is 9.99. The summed E-state index contributed by atoms with van der Waals surface area (Å²) in [7, 11) is 0. The van der Waals surface area contributed by atoms with E-state index in [1.807, 2.05) is 11.4 Å². The molecule has 0 bridgehead atoms. The molecule has 0 radical (unpaired) electrons. The number of carboxylic acids is 1. The Balaban J connectivity index is 2.07. The van der Waals surface area contributed by atoms with Gasteiger partial charge in [0, 0.05) is 11.4 Å². The molecule has 0 aromatic carbocycles. The van der Waals surface area contributed by atoms with Crippen LogP contribution in [0, 0.1) is 0 Å². The molecule has 0 saturated carbocycles. The van der Waals surface area contributed by atoms with Crippen molar-refractivity contribution < 1.29 is 19.5 Å². The van der Waals surface area contributed by atoms with Crippen LogP contribution in [0.2, 0.25) is 0 Å². The van der Waals surface area contributed by atoms with Gasteiger partial charge >= 0.3 is 12.0 Å². The van der Waals surface area contributed by atoms with Gasteiger partial charge in [0.25, 0.3) is 0 Å². The topological polar surface area (TPSA) is 113 Å². The van der Waals surface area contributed by atoms with E-state index in [4.69, 9.17) is 10.8 Å². The van der Waals surface area contributed by atoms with Crippen LogP contribution in [-0.4, -0.2) is 40.5 Å². The number of nitrogens with two attached hydrogens (primary N) is 1. The molecule has 1 aromatic rings. The highest BCUT2D eigenvalue weighted by Gasteiger charge is 2.35. The Morgan fingerprint density at radius 2 is 2.29 bits per heavy atom. The molecular formula is C13H17N3O4S. The Labute approximate surface area is 125 Å². The molecule has 4 N–H and O–H groups in total. The predicted octanol–water partition coefficient (Wildman–Crippen LogP) is 0.923. The molecule has 1 saturated heterocycles. The fourth-order valence-electron chi connectivity index (χ4n) is 2.50. The summed E-state index contributed by atoms with van der Waals surface area (Å²) in [6.45, 7) is 0.434. The molecule has 114 valence electrons. The van der Waals surface area contributed by atoms with E-state index in [-0.39, 0.29) is 12.3 Å². The summed E-state index contributed by atoms with van der Waals surface area (Å²) >= 11 is 1.41. The largest absolute Gasteiger partial charge is 0.480 e. The third-order valence-corrected chi connectivity index (χ3v) is 4.43. The van der Waals surface area contributed by atoms with E-state index in [1.165, 1.54) is 16.2 Å². The number of urea groups is 1. The first-order valence-electron chi connectivity index (χ1n) is 6.60. The first-order valence-corrected chi connectivity index (χ1v) is 7.48. The molecular weight excluding hydrogens is 294 g/mol. The van der Waals surface area contributed by atoms with Crippen molar-refractivity contribution in [3.05, 3.63) is 22.4 Å². The molecule has 2 rings (SSSR count). The molecule has 2 heterocycles. The second kappa shape index (κ2) is 6.57. The van der Waals surface area contributed by atoms with Gasteiger partial charge in [0.1, 0.15) is 6.04 Å². The summed E-state index contributed by atoms with van der Waals surface area (Å²) in [5.74, 6) is -1.27. The number of carbonyl (C=O) groups is 3. The molecule has 7 nitrogen and oxygen atoms in total. The Kier molecular flexibility index (Phi) is 4.79. The highest BCUT2D eigenvalue weighted by molar-refractivity contribution is 7.10. The summed E-state index contributed by atoms with van der Waals surface area (Å²) in [4.78, 5) is 36.7. The highest BCUT2D eigenvalue weighted by Crippen LogP contribution is 2.25. The number of nitrogens with zero attached hydrogens (tertiary/aromatic N) is 1. The average molecular weight is 311 g/mol. The second-order valence-electron chi connectivity index (χ2n) is 4.86. The van der Waals surface area contributed by atoms with Crippen molar-refractivity contribution in [3.63, 3.8) is 0 Å². The highest BCUT2D eigenvalue weighted by atomic mass is 32.1. The maximum atomic E-state index is 12.3.